The van der Waals surface area contributed by atoms with E-state index in [-0.39, 0.29) is 6.03 Å². The Hall–Kier alpha value is -2.05. The van der Waals surface area contributed by atoms with Gasteiger partial charge in [0, 0.05) is 39.2 Å². The third-order valence-corrected chi connectivity index (χ3v) is 2.80. The molecule has 0 atom stereocenters. The fourth-order valence-electron chi connectivity index (χ4n) is 1.60. The number of hydrogen-bond donors (Lipinski definition) is 3. The van der Waals surface area contributed by atoms with Crippen molar-refractivity contribution < 1.29 is 4.79 Å². The zero-order valence-electron chi connectivity index (χ0n) is 12.7. The highest BCUT2D eigenvalue weighted by Crippen LogP contribution is 2.17. The number of carbonyl (C=O) groups is 1. The van der Waals surface area contributed by atoms with Crippen LogP contribution >= 0.6 is 0 Å². The number of nitrogens with two attached hydrogens (primary N) is 1. The molecule has 1 aromatic heterocycles. The van der Waals surface area contributed by atoms with Gasteiger partial charge >= 0.3 is 6.03 Å². The van der Waals surface area contributed by atoms with Crippen LogP contribution in [0, 0.1) is 6.92 Å². The van der Waals surface area contributed by atoms with E-state index in [1.165, 1.54) is 4.90 Å². The minimum atomic E-state index is -0.114. The number of carbonyl (C=O) groups excluding carboxylic acids is 1. The summed E-state index contributed by atoms with van der Waals surface area (Å²) in [6.07, 6.45) is 1.78. The van der Waals surface area contributed by atoms with Gasteiger partial charge in [0.15, 0.2) is 0 Å². The van der Waals surface area contributed by atoms with Crippen LogP contribution in [0.2, 0.25) is 0 Å². The second-order valence-electron chi connectivity index (χ2n) is 4.80. The number of anilines is 2. The van der Waals surface area contributed by atoms with Gasteiger partial charge in [0.05, 0.1) is 0 Å². The summed E-state index contributed by atoms with van der Waals surface area (Å²) in [4.78, 5) is 21.6. The molecule has 0 aliphatic rings. The molecular formula is C13H24N6O. The van der Waals surface area contributed by atoms with E-state index in [4.69, 9.17) is 5.73 Å². The number of nitrogen functional groups attached to an aromatic ring is 1. The van der Waals surface area contributed by atoms with Gasteiger partial charge < -0.3 is 21.3 Å². The van der Waals surface area contributed by atoms with Crippen molar-refractivity contribution in [1.82, 2.24) is 20.2 Å². The van der Waals surface area contributed by atoms with Gasteiger partial charge in [-0.25, -0.2) is 14.8 Å². The second-order valence-corrected chi connectivity index (χ2v) is 4.80. The highest BCUT2D eigenvalue weighted by atomic mass is 16.2. The minimum Gasteiger partial charge on any atom is -0.383 e. The van der Waals surface area contributed by atoms with E-state index in [0.29, 0.717) is 18.9 Å². The molecule has 0 unspecified atom stereocenters. The van der Waals surface area contributed by atoms with Crippen LogP contribution in [0.4, 0.5) is 16.4 Å². The largest absolute Gasteiger partial charge is 0.383 e. The van der Waals surface area contributed by atoms with E-state index in [0.717, 1.165) is 30.0 Å². The average molecular weight is 280 g/mol. The van der Waals surface area contributed by atoms with E-state index in [2.05, 4.69) is 27.5 Å². The number of rotatable bonds is 6. The van der Waals surface area contributed by atoms with Gasteiger partial charge in [0.1, 0.15) is 17.5 Å². The molecule has 0 aliphatic heterocycles. The van der Waals surface area contributed by atoms with Crippen molar-refractivity contribution in [3.63, 3.8) is 0 Å². The Kier molecular flexibility index (Phi) is 6.02. The summed E-state index contributed by atoms with van der Waals surface area (Å²) in [5.41, 5.74) is 6.71. The molecule has 0 radical (unpaired) electrons. The Morgan fingerprint density at radius 1 is 1.30 bits per heavy atom. The molecule has 0 saturated carbocycles. The quantitative estimate of drug-likeness (QED) is 0.676. The highest BCUT2D eigenvalue weighted by Gasteiger charge is 2.08. The molecule has 7 heteroatoms. The summed E-state index contributed by atoms with van der Waals surface area (Å²) in [7, 11) is 3.41. The SMILES string of the molecule is CCCc1nc(N)c(C)c(NCCNC(=O)N(C)C)n1. The molecule has 4 N–H and O–H groups in total. The molecule has 1 aromatic rings. The van der Waals surface area contributed by atoms with Crippen molar-refractivity contribution in [2.75, 3.05) is 38.2 Å². The van der Waals surface area contributed by atoms with Gasteiger partial charge in [0.2, 0.25) is 0 Å². The van der Waals surface area contributed by atoms with Crippen molar-refractivity contribution >= 4 is 17.7 Å². The number of aromatic nitrogens is 2. The van der Waals surface area contributed by atoms with Crippen LogP contribution < -0.4 is 16.4 Å². The van der Waals surface area contributed by atoms with Crippen LogP contribution in [-0.4, -0.2) is 48.1 Å². The van der Waals surface area contributed by atoms with Crippen LogP contribution in [-0.2, 0) is 6.42 Å². The third-order valence-electron chi connectivity index (χ3n) is 2.80. The summed E-state index contributed by atoms with van der Waals surface area (Å²) in [6.45, 7) is 5.06. The lowest BCUT2D eigenvalue weighted by Crippen LogP contribution is -2.37. The van der Waals surface area contributed by atoms with E-state index in [9.17, 15) is 4.79 Å². The minimum absolute atomic E-state index is 0.114. The van der Waals surface area contributed by atoms with Crippen LogP contribution in [0.15, 0.2) is 0 Å². The molecule has 0 aromatic carbocycles. The number of hydrogen-bond acceptors (Lipinski definition) is 5. The fourth-order valence-corrected chi connectivity index (χ4v) is 1.60. The molecule has 0 fully saturated rings. The Bertz CT molecular complexity index is 460. The smallest absolute Gasteiger partial charge is 0.316 e. The molecule has 2 amide bonds. The molecule has 20 heavy (non-hydrogen) atoms. The van der Waals surface area contributed by atoms with Crippen LogP contribution in [0.5, 0.6) is 0 Å². The Morgan fingerprint density at radius 3 is 2.60 bits per heavy atom. The predicted molar refractivity (Wildman–Crippen MR) is 80.8 cm³/mol. The predicted octanol–water partition coefficient (Wildman–Crippen LogP) is 1.00. The Labute approximate surface area is 120 Å². The van der Waals surface area contributed by atoms with E-state index < -0.39 is 0 Å². The van der Waals surface area contributed by atoms with Crippen LogP contribution in [0.1, 0.15) is 24.7 Å². The molecule has 112 valence electrons. The molecule has 0 bridgehead atoms. The van der Waals surface area contributed by atoms with Gasteiger partial charge in [-0.1, -0.05) is 6.92 Å². The van der Waals surface area contributed by atoms with Crippen molar-refractivity contribution in [3.05, 3.63) is 11.4 Å². The summed E-state index contributed by atoms with van der Waals surface area (Å²) < 4.78 is 0. The summed E-state index contributed by atoms with van der Waals surface area (Å²) in [6, 6.07) is -0.114. The monoisotopic (exact) mass is 280 g/mol. The Balaban J connectivity index is 2.56. The summed E-state index contributed by atoms with van der Waals surface area (Å²) in [5.74, 6) is 1.98. The molecule has 0 spiro atoms. The molecule has 0 aliphatic carbocycles. The normalized spacial score (nSPS) is 10.2. The number of nitrogens with one attached hydrogen (secondary N) is 2. The highest BCUT2D eigenvalue weighted by molar-refractivity contribution is 5.73. The first-order chi connectivity index (χ1) is 9.45. The van der Waals surface area contributed by atoms with Gasteiger partial charge in [-0.3, -0.25) is 0 Å². The lowest BCUT2D eigenvalue weighted by Gasteiger charge is -2.14. The lowest BCUT2D eigenvalue weighted by molar-refractivity contribution is 0.218. The molecule has 0 saturated heterocycles. The summed E-state index contributed by atoms with van der Waals surface area (Å²) in [5, 5.41) is 5.96. The molecule has 7 nitrogen and oxygen atoms in total. The van der Waals surface area contributed by atoms with E-state index in [1.807, 2.05) is 6.92 Å². The first-order valence-corrected chi connectivity index (χ1v) is 6.77. The summed E-state index contributed by atoms with van der Waals surface area (Å²) >= 11 is 0. The third kappa shape index (κ3) is 4.56. The average Bonchev–Trinajstić information content (AvgIpc) is 2.39. The lowest BCUT2D eigenvalue weighted by atomic mass is 10.2. The first-order valence-electron chi connectivity index (χ1n) is 6.77. The zero-order chi connectivity index (χ0) is 15.1. The maximum Gasteiger partial charge on any atom is 0.316 e. The van der Waals surface area contributed by atoms with Gasteiger partial charge in [-0.05, 0) is 13.3 Å². The van der Waals surface area contributed by atoms with Crippen molar-refractivity contribution in [3.8, 4) is 0 Å². The van der Waals surface area contributed by atoms with E-state index in [1.54, 1.807) is 14.1 Å². The zero-order valence-corrected chi connectivity index (χ0v) is 12.7. The van der Waals surface area contributed by atoms with Crippen molar-refractivity contribution in [2.45, 2.75) is 26.7 Å². The molecule has 1 heterocycles. The van der Waals surface area contributed by atoms with Crippen molar-refractivity contribution in [1.29, 1.82) is 0 Å². The fraction of sp³-hybridized carbons (Fsp3) is 0.615. The topological polar surface area (TPSA) is 96.2 Å². The standard InChI is InChI=1S/C13H24N6O/c1-5-6-10-17-11(14)9(2)12(18-10)15-7-8-16-13(20)19(3)4/h5-8H2,1-4H3,(H,16,20)(H3,14,15,17,18). The van der Waals surface area contributed by atoms with Crippen LogP contribution in [0.3, 0.4) is 0 Å². The second kappa shape index (κ2) is 7.52. The molecule has 1 rings (SSSR count). The van der Waals surface area contributed by atoms with Gasteiger partial charge in [-0.15, -0.1) is 0 Å². The number of nitrogens with zero attached hydrogens (tertiary/aromatic N) is 3. The maximum atomic E-state index is 11.4. The molecular weight excluding hydrogens is 256 g/mol. The first kappa shape index (κ1) is 16.0. The number of amides is 2. The number of urea groups is 1. The van der Waals surface area contributed by atoms with Crippen molar-refractivity contribution in [2.24, 2.45) is 0 Å². The maximum absolute atomic E-state index is 11.4. The Morgan fingerprint density at radius 2 is 2.00 bits per heavy atom. The van der Waals surface area contributed by atoms with Crippen LogP contribution in [0.25, 0.3) is 0 Å². The number of aryl methyl sites for hydroxylation is 1. The van der Waals surface area contributed by atoms with Gasteiger partial charge in [0.25, 0.3) is 0 Å². The van der Waals surface area contributed by atoms with E-state index >= 15 is 0 Å². The van der Waals surface area contributed by atoms with Gasteiger partial charge in [-0.2, -0.15) is 0 Å².